The molecule has 1 aromatic rings. The standard InChI is InChI=1S/C15H19FN2O/c16-13-8-6-12(7-9-13)10-11-17-15(19)18-14-4-2-1-3-5-14/h6-11,14H,1-5H2,(H2,17,18,19)/b11-10+. The molecule has 2 rings (SSSR count). The quantitative estimate of drug-likeness (QED) is 0.861. The van der Waals surface area contributed by atoms with Gasteiger partial charge in [0.1, 0.15) is 5.82 Å². The van der Waals surface area contributed by atoms with Gasteiger partial charge in [-0.2, -0.15) is 0 Å². The molecule has 0 bridgehead atoms. The van der Waals surface area contributed by atoms with Gasteiger partial charge in [0.05, 0.1) is 0 Å². The monoisotopic (exact) mass is 262 g/mol. The Morgan fingerprint density at radius 1 is 1.16 bits per heavy atom. The second kappa shape index (κ2) is 6.92. The van der Waals surface area contributed by atoms with Gasteiger partial charge in [-0.25, -0.2) is 9.18 Å². The number of nitrogens with one attached hydrogen (secondary N) is 2. The maximum Gasteiger partial charge on any atom is 0.318 e. The summed E-state index contributed by atoms with van der Waals surface area (Å²) in [6.45, 7) is 0. The molecule has 1 aliphatic carbocycles. The molecule has 0 aromatic heterocycles. The van der Waals surface area contributed by atoms with Gasteiger partial charge in [0.25, 0.3) is 0 Å². The second-order valence-electron chi connectivity index (χ2n) is 4.84. The van der Waals surface area contributed by atoms with Crippen molar-refractivity contribution in [3.63, 3.8) is 0 Å². The van der Waals surface area contributed by atoms with Crippen molar-refractivity contribution in [1.82, 2.24) is 10.6 Å². The van der Waals surface area contributed by atoms with Crippen molar-refractivity contribution in [2.24, 2.45) is 0 Å². The number of amides is 2. The molecule has 1 saturated carbocycles. The van der Waals surface area contributed by atoms with Crippen molar-refractivity contribution < 1.29 is 9.18 Å². The molecule has 4 heteroatoms. The normalized spacial score (nSPS) is 16.5. The van der Waals surface area contributed by atoms with Crippen molar-refractivity contribution in [1.29, 1.82) is 0 Å². The first kappa shape index (κ1) is 13.6. The summed E-state index contributed by atoms with van der Waals surface area (Å²) in [6, 6.07) is 6.22. The van der Waals surface area contributed by atoms with E-state index in [4.69, 9.17) is 0 Å². The van der Waals surface area contributed by atoms with Crippen LogP contribution in [0.25, 0.3) is 6.08 Å². The Labute approximate surface area is 112 Å². The maximum absolute atomic E-state index is 12.7. The van der Waals surface area contributed by atoms with Crippen LogP contribution in [0, 0.1) is 5.82 Å². The molecule has 0 saturated heterocycles. The largest absolute Gasteiger partial charge is 0.335 e. The lowest BCUT2D eigenvalue weighted by molar-refractivity contribution is 0.236. The van der Waals surface area contributed by atoms with Crippen LogP contribution in [-0.4, -0.2) is 12.1 Å². The second-order valence-corrected chi connectivity index (χ2v) is 4.84. The van der Waals surface area contributed by atoms with E-state index in [2.05, 4.69) is 10.6 Å². The van der Waals surface area contributed by atoms with Crippen LogP contribution >= 0.6 is 0 Å². The molecule has 102 valence electrons. The van der Waals surface area contributed by atoms with E-state index in [9.17, 15) is 9.18 Å². The van der Waals surface area contributed by atoms with Crippen LogP contribution in [-0.2, 0) is 0 Å². The molecular formula is C15H19FN2O. The van der Waals surface area contributed by atoms with Crippen molar-refractivity contribution in [2.45, 2.75) is 38.1 Å². The summed E-state index contributed by atoms with van der Waals surface area (Å²) in [5.41, 5.74) is 0.847. The van der Waals surface area contributed by atoms with Crippen LogP contribution in [0.5, 0.6) is 0 Å². The maximum atomic E-state index is 12.7. The van der Waals surface area contributed by atoms with Gasteiger partial charge >= 0.3 is 6.03 Å². The molecule has 19 heavy (non-hydrogen) atoms. The van der Waals surface area contributed by atoms with E-state index in [0.717, 1.165) is 18.4 Å². The number of carbonyl (C=O) groups is 1. The zero-order valence-corrected chi connectivity index (χ0v) is 10.9. The molecule has 0 radical (unpaired) electrons. The average molecular weight is 262 g/mol. The highest BCUT2D eigenvalue weighted by Gasteiger charge is 2.14. The topological polar surface area (TPSA) is 41.1 Å². The number of hydrogen-bond donors (Lipinski definition) is 2. The summed E-state index contributed by atoms with van der Waals surface area (Å²) in [5.74, 6) is -0.264. The summed E-state index contributed by atoms with van der Waals surface area (Å²) in [7, 11) is 0. The van der Waals surface area contributed by atoms with Gasteiger partial charge in [0.2, 0.25) is 0 Å². The van der Waals surface area contributed by atoms with Crippen molar-refractivity contribution >= 4 is 12.1 Å². The number of benzene rings is 1. The number of carbonyl (C=O) groups excluding carboxylic acids is 1. The molecule has 0 heterocycles. The summed E-state index contributed by atoms with van der Waals surface area (Å²) >= 11 is 0. The fraction of sp³-hybridized carbons (Fsp3) is 0.400. The van der Waals surface area contributed by atoms with Gasteiger partial charge in [0.15, 0.2) is 0 Å². The van der Waals surface area contributed by atoms with Crippen LogP contribution in [0.1, 0.15) is 37.7 Å². The highest BCUT2D eigenvalue weighted by Crippen LogP contribution is 2.17. The van der Waals surface area contributed by atoms with Crippen LogP contribution in [0.15, 0.2) is 30.5 Å². The number of hydrogen-bond acceptors (Lipinski definition) is 1. The molecule has 3 nitrogen and oxygen atoms in total. The Balaban J connectivity index is 1.74. The van der Waals surface area contributed by atoms with Gasteiger partial charge in [-0.1, -0.05) is 31.4 Å². The minimum absolute atomic E-state index is 0.176. The lowest BCUT2D eigenvalue weighted by atomic mass is 9.96. The van der Waals surface area contributed by atoms with Crippen LogP contribution < -0.4 is 10.6 Å². The van der Waals surface area contributed by atoms with E-state index in [0.29, 0.717) is 6.04 Å². The molecule has 0 unspecified atom stereocenters. The zero-order chi connectivity index (χ0) is 13.5. The predicted molar refractivity (Wildman–Crippen MR) is 74.0 cm³/mol. The van der Waals surface area contributed by atoms with Gasteiger partial charge in [0, 0.05) is 12.2 Å². The van der Waals surface area contributed by atoms with E-state index >= 15 is 0 Å². The lowest BCUT2D eigenvalue weighted by Crippen LogP contribution is -2.40. The Morgan fingerprint density at radius 3 is 2.53 bits per heavy atom. The SMILES string of the molecule is O=C(N/C=C/c1ccc(F)cc1)NC1CCCCC1. The fourth-order valence-corrected chi connectivity index (χ4v) is 2.26. The van der Waals surface area contributed by atoms with Gasteiger partial charge in [-0.3, -0.25) is 0 Å². The summed E-state index contributed by atoms with van der Waals surface area (Å²) in [6.07, 6.45) is 9.09. The minimum Gasteiger partial charge on any atom is -0.335 e. The Hall–Kier alpha value is -1.84. The highest BCUT2D eigenvalue weighted by molar-refractivity contribution is 5.76. The van der Waals surface area contributed by atoms with E-state index in [1.54, 1.807) is 24.4 Å². The first-order valence-electron chi connectivity index (χ1n) is 6.73. The molecule has 0 atom stereocenters. The van der Waals surface area contributed by atoms with Gasteiger partial charge < -0.3 is 10.6 Å². The van der Waals surface area contributed by atoms with E-state index in [-0.39, 0.29) is 11.8 Å². The molecule has 2 amide bonds. The molecule has 0 spiro atoms. The number of urea groups is 1. The lowest BCUT2D eigenvalue weighted by Gasteiger charge is -2.22. The molecule has 2 N–H and O–H groups in total. The number of halogens is 1. The third-order valence-electron chi connectivity index (χ3n) is 3.30. The molecule has 1 aromatic carbocycles. The third-order valence-corrected chi connectivity index (χ3v) is 3.30. The Kier molecular flexibility index (Phi) is 4.95. The summed E-state index contributed by atoms with van der Waals surface area (Å²) in [4.78, 5) is 11.6. The number of rotatable bonds is 3. The molecular weight excluding hydrogens is 243 g/mol. The third kappa shape index (κ3) is 4.73. The van der Waals surface area contributed by atoms with Gasteiger partial charge in [-0.05, 0) is 36.6 Å². The predicted octanol–water partition coefficient (Wildman–Crippen LogP) is 3.43. The van der Waals surface area contributed by atoms with E-state index in [1.807, 2.05) is 0 Å². The van der Waals surface area contributed by atoms with Crippen molar-refractivity contribution in [2.75, 3.05) is 0 Å². The molecule has 0 aliphatic heterocycles. The molecule has 1 aliphatic rings. The van der Waals surface area contributed by atoms with Crippen LogP contribution in [0.2, 0.25) is 0 Å². The van der Waals surface area contributed by atoms with E-state index < -0.39 is 0 Å². The first-order valence-corrected chi connectivity index (χ1v) is 6.73. The van der Waals surface area contributed by atoms with Gasteiger partial charge in [-0.15, -0.1) is 0 Å². The van der Waals surface area contributed by atoms with E-state index in [1.165, 1.54) is 31.4 Å². The van der Waals surface area contributed by atoms with Crippen molar-refractivity contribution in [3.05, 3.63) is 41.8 Å². The Morgan fingerprint density at radius 2 is 1.84 bits per heavy atom. The smallest absolute Gasteiger partial charge is 0.318 e. The zero-order valence-electron chi connectivity index (χ0n) is 10.9. The average Bonchev–Trinajstić information content (AvgIpc) is 2.42. The van der Waals surface area contributed by atoms with Crippen LogP contribution in [0.3, 0.4) is 0 Å². The summed E-state index contributed by atoms with van der Waals surface area (Å²) in [5, 5.41) is 5.62. The highest BCUT2D eigenvalue weighted by atomic mass is 19.1. The van der Waals surface area contributed by atoms with Crippen molar-refractivity contribution in [3.8, 4) is 0 Å². The minimum atomic E-state index is -0.264. The fourth-order valence-electron chi connectivity index (χ4n) is 2.26. The Bertz CT molecular complexity index is 436. The summed E-state index contributed by atoms with van der Waals surface area (Å²) < 4.78 is 12.7. The first-order chi connectivity index (χ1) is 9.24. The van der Waals surface area contributed by atoms with Crippen LogP contribution in [0.4, 0.5) is 9.18 Å². The molecule has 1 fully saturated rings.